The van der Waals surface area contributed by atoms with Crippen LogP contribution in [0.2, 0.25) is 0 Å². The second kappa shape index (κ2) is 2.68. The van der Waals surface area contributed by atoms with Gasteiger partial charge in [0.05, 0.1) is 5.69 Å². The molecule has 0 bridgehead atoms. The van der Waals surface area contributed by atoms with Crippen molar-refractivity contribution in [2.24, 2.45) is 0 Å². The van der Waals surface area contributed by atoms with Gasteiger partial charge in [-0.05, 0) is 24.1 Å². The van der Waals surface area contributed by atoms with Gasteiger partial charge in [0.1, 0.15) is 0 Å². The van der Waals surface area contributed by atoms with Crippen LogP contribution in [0.15, 0.2) is 36.4 Å². The fourth-order valence-corrected chi connectivity index (χ4v) is 2.11. The standard InChI is InChI=1S/C13H11N/c1-9-6-7-12-11-5-3-2-4-10(11)8-13(12)14-9/h2-7H,8H2,1H3. The monoisotopic (exact) mass is 181 g/mol. The molecule has 0 unspecified atom stereocenters. The molecule has 0 amide bonds. The molecule has 0 aliphatic heterocycles. The Labute approximate surface area is 83.4 Å². The summed E-state index contributed by atoms with van der Waals surface area (Å²) in [6.07, 6.45) is 0.993. The van der Waals surface area contributed by atoms with E-state index in [0.717, 1.165) is 12.1 Å². The number of aryl methyl sites for hydroxylation is 1. The Morgan fingerprint density at radius 1 is 1.00 bits per heavy atom. The van der Waals surface area contributed by atoms with Gasteiger partial charge in [0.25, 0.3) is 0 Å². The normalized spacial score (nSPS) is 12.4. The molecule has 0 atom stereocenters. The van der Waals surface area contributed by atoms with Crippen LogP contribution in [-0.4, -0.2) is 4.98 Å². The van der Waals surface area contributed by atoms with Crippen LogP contribution in [-0.2, 0) is 6.42 Å². The highest BCUT2D eigenvalue weighted by Gasteiger charge is 2.18. The molecule has 14 heavy (non-hydrogen) atoms. The van der Waals surface area contributed by atoms with Gasteiger partial charge in [0, 0.05) is 17.7 Å². The van der Waals surface area contributed by atoms with E-state index in [1.807, 2.05) is 6.92 Å². The number of fused-ring (bicyclic) bond motifs is 3. The summed E-state index contributed by atoms with van der Waals surface area (Å²) in [6.45, 7) is 2.04. The van der Waals surface area contributed by atoms with Gasteiger partial charge in [-0.2, -0.15) is 0 Å². The van der Waals surface area contributed by atoms with Crippen LogP contribution < -0.4 is 0 Å². The highest BCUT2D eigenvalue weighted by Crippen LogP contribution is 2.34. The van der Waals surface area contributed by atoms with Crippen molar-refractivity contribution in [1.82, 2.24) is 4.98 Å². The molecule has 1 aliphatic rings. The molecule has 0 radical (unpaired) electrons. The van der Waals surface area contributed by atoms with Gasteiger partial charge in [-0.15, -0.1) is 0 Å². The summed E-state index contributed by atoms with van der Waals surface area (Å²) in [5, 5.41) is 0. The average molecular weight is 181 g/mol. The minimum Gasteiger partial charge on any atom is -0.257 e. The van der Waals surface area contributed by atoms with Gasteiger partial charge < -0.3 is 0 Å². The summed E-state index contributed by atoms with van der Waals surface area (Å²) in [7, 11) is 0. The molecule has 68 valence electrons. The Kier molecular flexibility index (Phi) is 1.48. The first kappa shape index (κ1) is 7.74. The highest BCUT2D eigenvalue weighted by atomic mass is 14.7. The van der Waals surface area contributed by atoms with Crippen LogP contribution in [0, 0.1) is 6.92 Å². The lowest BCUT2D eigenvalue weighted by Crippen LogP contribution is -1.88. The van der Waals surface area contributed by atoms with Gasteiger partial charge in [0.2, 0.25) is 0 Å². The molecular formula is C13H11N. The topological polar surface area (TPSA) is 12.9 Å². The predicted molar refractivity (Wildman–Crippen MR) is 57.2 cm³/mol. The van der Waals surface area contributed by atoms with E-state index < -0.39 is 0 Å². The largest absolute Gasteiger partial charge is 0.257 e. The molecule has 1 aromatic carbocycles. The fraction of sp³-hybridized carbons (Fsp3) is 0.154. The molecule has 1 aromatic heterocycles. The number of pyridine rings is 1. The van der Waals surface area contributed by atoms with Gasteiger partial charge in [-0.1, -0.05) is 30.3 Å². The van der Waals surface area contributed by atoms with Crippen molar-refractivity contribution in [3.63, 3.8) is 0 Å². The Morgan fingerprint density at radius 3 is 2.79 bits per heavy atom. The van der Waals surface area contributed by atoms with E-state index in [1.165, 1.54) is 22.4 Å². The number of aromatic nitrogens is 1. The van der Waals surface area contributed by atoms with E-state index in [4.69, 9.17) is 0 Å². The summed E-state index contributed by atoms with van der Waals surface area (Å²) >= 11 is 0. The number of hydrogen-bond acceptors (Lipinski definition) is 1. The first-order chi connectivity index (χ1) is 6.84. The average Bonchev–Trinajstić information content (AvgIpc) is 2.54. The lowest BCUT2D eigenvalue weighted by Gasteiger charge is -1.99. The third-order valence-electron chi connectivity index (χ3n) is 2.78. The quantitative estimate of drug-likeness (QED) is 0.519. The van der Waals surface area contributed by atoms with Gasteiger partial charge >= 0.3 is 0 Å². The fourth-order valence-electron chi connectivity index (χ4n) is 2.11. The molecule has 0 saturated carbocycles. The molecule has 3 rings (SSSR count). The minimum atomic E-state index is 0.993. The van der Waals surface area contributed by atoms with Crippen molar-refractivity contribution in [1.29, 1.82) is 0 Å². The highest BCUT2D eigenvalue weighted by molar-refractivity contribution is 5.75. The molecule has 0 fully saturated rings. The first-order valence-electron chi connectivity index (χ1n) is 4.89. The van der Waals surface area contributed by atoms with Crippen LogP contribution in [0.3, 0.4) is 0 Å². The first-order valence-corrected chi connectivity index (χ1v) is 4.89. The van der Waals surface area contributed by atoms with Crippen molar-refractivity contribution >= 4 is 0 Å². The summed E-state index contributed by atoms with van der Waals surface area (Å²) in [4.78, 5) is 4.57. The molecule has 1 heterocycles. The number of nitrogens with zero attached hydrogens (tertiary/aromatic N) is 1. The molecule has 0 saturated heterocycles. The Hall–Kier alpha value is -1.63. The Bertz CT molecular complexity index is 500. The third kappa shape index (κ3) is 0.987. The lowest BCUT2D eigenvalue weighted by molar-refractivity contribution is 1.07. The molecule has 0 N–H and O–H groups in total. The number of benzene rings is 1. The summed E-state index contributed by atoms with van der Waals surface area (Å²) < 4.78 is 0. The molecule has 1 aliphatic carbocycles. The minimum absolute atomic E-state index is 0.993. The van der Waals surface area contributed by atoms with E-state index >= 15 is 0 Å². The van der Waals surface area contributed by atoms with E-state index in [2.05, 4.69) is 41.4 Å². The smallest absolute Gasteiger partial charge is 0.0529 e. The summed E-state index contributed by atoms with van der Waals surface area (Å²) in [6, 6.07) is 12.8. The molecule has 1 heteroatoms. The summed E-state index contributed by atoms with van der Waals surface area (Å²) in [5.41, 5.74) is 6.41. The molecule has 2 aromatic rings. The SMILES string of the molecule is Cc1ccc2c(n1)Cc1ccccc1-2. The Morgan fingerprint density at radius 2 is 1.86 bits per heavy atom. The van der Waals surface area contributed by atoms with Crippen molar-refractivity contribution in [2.75, 3.05) is 0 Å². The second-order valence-corrected chi connectivity index (χ2v) is 3.78. The summed E-state index contributed by atoms with van der Waals surface area (Å²) in [5.74, 6) is 0. The predicted octanol–water partition coefficient (Wildman–Crippen LogP) is 2.96. The van der Waals surface area contributed by atoms with Crippen LogP contribution in [0.25, 0.3) is 11.1 Å². The van der Waals surface area contributed by atoms with E-state index in [0.29, 0.717) is 0 Å². The maximum atomic E-state index is 4.57. The van der Waals surface area contributed by atoms with Crippen LogP contribution in [0.4, 0.5) is 0 Å². The number of hydrogen-bond donors (Lipinski definition) is 0. The van der Waals surface area contributed by atoms with Crippen molar-refractivity contribution in [3.05, 3.63) is 53.3 Å². The second-order valence-electron chi connectivity index (χ2n) is 3.78. The third-order valence-corrected chi connectivity index (χ3v) is 2.78. The van der Waals surface area contributed by atoms with Crippen LogP contribution >= 0.6 is 0 Å². The van der Waals surface area contributed by atoms with Crippen molar-refractivity contribution in [3.8, 4) is 11.1 Å². The van der Waals surface area contributed by atoms with E-state index in [-0.39, 0.29) is 0 Å². The Balaban J connectivity index is 2.27. The number of rotatable bonds is 0. The maximum absolute atomic E-state index is 4.57. The van der Waals surface area contributed by atoms with Gasteiger partial charge in [0.15, 0.2) is 0 Å². The molecule has 1 nitrogen and oxygen atoms in total. The van der Waals surface area contributed by atoms with E-state index in [1.54, 1.807) is 0 Å². The van der Waals surface area contributed by atoms with Gasteiger partial charge in [-0.3, -0.25) is 4.98 Å². The maximum Gasteiger partial charge on any atom is 0.0529 e. The van der Waals surface area contributed by atoms with Crippen molar-refractivity contribution < 1.29 is 0 Å². The van der Waals surface area contributed by atoms with Crippen LogP contribution in [0.5, 0.6) is 0 Å². The zero-order valence-corrected chi connectivity index (χ0v) is 8.12. The van der Waals surface area contributed by atoms with Gasteiger partial charge in [-0.25, -0.2) is 0 Å². The molecular weight excluding hydrogens is 170 g/mol. The van der Waals surface area contributed by atoms with E-state index in [9.17, 15) is 0 Å². The zero-order valence-electron chi connectivity index (χ0n) is 8.12. The zero-order chi connectivity index (χ0) is 9.54. The molecule has 0 spiro atoms. The van der Waals surface area contributed by atoms with Crippen molar-refractivity contribution in [2.45, 2.75) is 13.3 Å². The van der Waals surface area contributed by atoms with Crippen LogP contribution in [0.1, 0.15) is 17.0 Å². The lowest BCUT2D eigenvalue weighted by atomic mass is 10.1.